The van der Waals surface area contributed by atoms with E-state index in [0.717, 1.165) is 17.5 Å². The Kier molecular flexibility index (Phi) is 6.96. The minimum absolute atomic E-state index is 0.136. The van der Waals surface area contributed by atoms with Crippen molar-refractivity contribution in [3.05, 3.63) is 71.0 Å². The summed E-state index contributed by atoms with van der Waals surface area (Å²) >= 11 is 1.53. The molecule has 2 aromatic rings. The van der Waals surface area contributed by atoms with Gasteiger partial charge in [-0.15, -0.1) is 11.8 Å². The lowest BCUT2D eigenvalue weighted by Crippen LogP contribution is -2.48. The average molecular weight is 415 g/mol. The third kappa shape index (κ3) is 5.18. The number of carbonyl (C=O) groups excluding carboxylic acids is 2. The molecule has 0 radical (unpaired) electrons. The van der Waals surface area contributed by atoms with E-state index in [1.165, 1.54) is 23.9 Å². The predicted octanol–water partition coefficient (Wildman–Crippen LogP) is 4.55. The zero-order valence-electron chi connectivity index (χ0n) is 17.0. The van der Waals surface area contributed by atoms with Crippen LogP contribution < -0.4 is 5.32 Å². The van der Waals surface area contributed by atoms with Gasteiger partial charge in [0.1, 0.15) is 17.2 Å². The lowest BCUT2D eigenvalue weighted by molar-refractivity contribution is -0.124. The molecule has 0 spiro atoms. The molecular weight excluding hydrogens is 387 g/mol. The maximum Gasteiger partial charge on any atom is 0.255 e. The first-order valence-electron chi connectivity index (χ1n) is 9.91. The highest BCUT2D eigenvalue weighted by Gasteiger charge is 2.42. The van der Waals surface area contributed by atoms with Crippen molar-refractivity contribution in [2.75, 3.05) is 12.3 Å². The second-order valence-electron chi connectivity index (χ2n) is 7.81. The van der Waals surface area contributed by atoms with E-state index < -0.39 is 6.04 Å². The number of carbonyl (C=O) groups is 2. The van der Waals surface area contributed by atoms with Gasteiger partial charge in [-0.05, 0) is 49.1 Å². The normalized spacial score (nSPS) is 18.9. The molecule has 2 atom stereocenters. The minimum Gasteiger partial charge on any atom is -0.354 e. The van der Waals surface area contributed by atoms with Gasteiger partial charge in [0.2, 0.25) is 5.91 Å². The van der Waals surface area contributed by atoms with Crippen LogP contribution in [-0.4, -0.2) is 35.1 Å². The van der Waals surface area contributed by atoms with Gasteiger partial charge in [-0.25, -0.2) is 4.39 Å². The van der Waals surface area contributed by atoms with E-state index in [9.17, 15) is 14.0 Å². The van der Waals surface area contributed by atoms with Crippen molar-refractivity contribution in [3.8, 4) is 0 Å². The Hall–Kier alpha value is -2.34. The second kappa shape index (κ2) is 9.44. The summed E-state index contributed by atoms with van der Waals surface area (Å²) in [6.07, 6.45) is 0.888. The topological polar surface area (TPSA) is 49.4 Å². The van der Waals surface area contributed by atoms with Gasteiger partial charge in [-0.2, -0.15) is 0 Å². The third-order valence-corrected chi connectivity index (χ3v) is 6.34. The number of nitrogens with zero attached hydrogens (tertiary/aromatic N) is 1. The van der Waals surface area contributed by atoms with Gasteiger partial charge >= 0.3 is 0 Å². The van der Waals surface area contributed by atoms with Crippen LogP contribution in [0.5, 0.6) is 0 Å². The van der Waals surface area contributed by atoms with Gasteiger partial charge in [0, 0.05) is 17.9 Å². The molecule has 2 amide bonds. The van der Waals surface area contributed by atoms with Gasteiger partial charge in [0.05, 0.1) is 0 Å². The Morgan fingerprint density at radius 1 is 1.14 bits per heavy atom. The average Bonchev–Trinajstić information content (AvgIpc) is 3.13. The fraction of sp³-hybridized carbons (Fsp3) is 0.391. The number of halogens is 1. The molecular formula is C23H27FN2O2S. The molecule has 154 valence electrons. The van der Waals surface area contributed by atoms with Crippen LogP contribution in [0.3, 0.4) is 0 Å². The zero-order chi connectivity index (χ0) is 21.0. The fourth-order valence-electron chi connectivity index (χ4n) is 3.29. The number of hydrogen-bond acceptors (Lipinski definition) is 3. The molecule has 6 heteroatoms. The highest BCUT2D eigenvalue weighted by Crippen LogP contribution is 2.42. The Morgan fingerprint density at radius 2 is 1.79 bits per heavy atom. The van der Waals surface area contributed by atoms with Crippen molar-refractivity contribution in [2.24, 2.45) is 5.92 Å². The SMILES string of the molecule is Cc1ccc(C(=O)N2[C@@H](C(=O)NCCC(C)C)CS[C@H]2c2ccc(F)cc2)cc1. The predicted molar refractivity (Wildman–Crippen MR) is 115 cm³/mol. The van der Waals surface area contributed by atoms with E-state index in [-0.39, 0.29) is 23.0 Å². The fourth-order valence-corrected chi connectivity index (χ4v) is 4.72. The monoisotopic (exact) mass is 414 g/mol. The molecule has 1 aliphatic rings. The van der Waals surface area contributed by atoms with Gasteiger partial charge in [-0.1, -0.05) is 43.7 Å². The molecule has 1 heterocycles. The molecule has 29 heavy (non-hydrogen) atoms. The maximum absolute atomic E-state index is 13.4. The summed E-state index contributed by atoms with van der Waals surface area (Å²) < 4.78 is 13.4. The molecule has 3 rings (SSSR count). The van der Waals surface area contributed by atoms with E-state index in [0.29, 0.717) is 23.8 Å². The summed E-state index contributed by atoms with van der Waals surface area (Å²) in [4.78, 5) is 27.9. The lowest BCUT2D eigenvalue weighted by Gasteiger charge is -2.29. The first kappa shape index (κ1) is 21.4. The van der Waals surface area contributed by atoms with Crippen LogP contribution in [0.1, 0.15) is 47.1 Å². The molecule has 1 N–H and O–H groups in total. The molecule has 2 aromatic carbocycles. The van der Waals surface area contributed by atoms with Crippen molar-refractivity contribution in [1.82, 2.24) is 10.2 Å². The molecule has 4 nitrogen and oxygen atoms in total. The quantitative estimate of drug-likeness (QED) is 0.754. The summed E-state index contributed by atoms with van der Waals surface area (Å²) in [7, 11) is 0. The van der Waals surface area contributed by atoms with E-state index in [2.05, 4.69) is 19.2 Å². The molecule has 0 aliphatic carbocycles. The van der Waals surface area contributed by atoms with Gasteiger partial charge < -0.3 is 10.2 Å². The van der Waals surface area contributed by atoms with E-state index >= 15 is 0 Å². The maximum atomic E-state index is 13.4. The van der Waals surface area contributed by atoms with Gasteiger partial charge in [0.25, 0.3) is 5.91 Å². The number of aryl methyl sites for hydroxylation is 1. The smallest absolute Gasteiger partial charge is 0.255 e. The standard InChI is InChI=1S/C23H27FN2O2S/c1-15(2)12-13-25-21(27)20-14-29-23(18-8-10-19(24)11-9-18)26(20)22(28)17-6-4-16(3)5-7-17/h4-11,15,20,23H,12-14H2,1-3H3,(H,25,27)/t20-,23+/m1/s1. The van der Waals surface area contributed by atoms with Crippen LogP contribution in [0.25, 0.3) is 0 Å². The summed E-state index contributed by atoms with van der Waals surface area (Å²) in [6, 6.07) is 12.9. The van der Waals surface area contributed by atoms with Crippen LogP contribution in [0, 0.1) is 18.7 Å². The third-order valence-electron chi connectivity index (χ3n) is 5.01. The first-order chi connectivity index (χ1) is 13.9. The molecule has 0 unspecified atom stereocenters. The number of hydrogen-bond donors (Lipinski definition) is 1. The Bertz CT molecular complexity index is 852. The Balaban J connectivity index is 1.87. The molecule has 1 saturated heterocycles. The van der Waals surface area contributed by atoms with Crippen molar-refractivity contribution in [2.45, 2.75) is 38.6 Å². The van der Waals surface area contributed by atoms with Gasteiger partial charge in [0.15, 0.2) is 0 Å². The highest BCUT2D eigenvalue weighted by atomic mass is 32.2. The van der Waals surface area contributed by atoms with Crippen LogP contribution in [0.4, 0.5) is 4.39 Å². The van der Waals surface area contributed by atoms with Crippen LogP contribution in [0.15, 0.2) is 48.5 Å². The van der Waals surface area contributed by atoms with Crippen molar-refractivity contribution < 1.29 is 14.0 Å². The van der Waals surface area contributed by atoms with Crippen LogP contribution in [-0.2, 0) is 4.79 Å². The number of benzene rings is 2. The first-order valence-corrected chi connectivity index (χ1v) is 11.0. The Morgan fingerprint density at radius 3 is 2.41 bits per heavy atom. The van der Waals surface area contributed by atoms with Crippen molar-refractivity contribution in [1.29, 1.82) is 0 Å². The number of nitrogens with one attached hydrogen (secondary N) is 1. The van der Waals surface area contributed by atoms with Gasteiger partial charge in [-0.3, -0.25) is 9.59 Å². The largest absolute Gasteiger partial charge is 0.354 e. The van der Waals surface area contributed by atoms with Crippen LogP contribution in [0.2, 0.25) is 0 Å². The molecule has 0 saturated carbocycles. The summed E-state index contributed by atoms with van der Waals surface area (Å²) in [5.41, 5.74) is 2.43. The molecule has 1 aliphatic heterocycles. The number of amides is 2. The summed E-state index contributed by atoms with van der Waals surface area (Å²) in [6.45, 7) is 6.77. The molecule has 0 bridgehead atoms. The number of rotatable bonds is 6. The molecule has 0 aromatic heterocycles. The Labute approximate surface area is 175 Å². The van der Waals surface area contributed by atoms with E-state index in [4.69, 9.17) is 0 Å². The van der Waals surface area contributed by atoms with E-state index in [1.54, 1.807) is 29.2 Å². The highest BCUT2D eigenvalue weighted by molar-refractivity contribution is 7.99. The molecule has 1 fully saturated rings. The lowest BCUT2D eigenvalue weighted by atomic mass is 10.1. The van der Waals surface area contributed by atoms with Crippen molar-refractivity contribution in [3.63, 3.8) is 0 Å². The van der Waals surface area contributed by atoms with Crippen molar-refractivity contribution >= 4 is 23.6 Å². The van der Waals surface area contributed by atoms with E-state index in [1.807, 2.05) is 19.1 Å². The number of thioether (sulfide) groups is 1. The summed E-state index contributed by atoms with van der Waals surface area (Å²) in [5, 5.41) is 2.65. The summed E-state index contributed by atoms with van der Waals surface area (Å²) in [5.74, 6) is 0.353. The zero-order valence-corrected chi connectivity index (χ0v) is 17.8. The minimum atomic E-state index is -0.559. The van der Waals surface area contributed by atoms with Crippen LogP contribution >= 0.6 is 11.8 Å². The second-order valence-corrected chi connectivity index (χ2v) is 8.92.